The molecular weight excluding hydrogens is 300 g/mol. The molecule has 0 atom stereocenters. The lowest BCUT2D eigenvalue weighted by atomic mass is 9.97. The van der Waals surface area contributed by atoms with E-state index in [1.54, 1.807) is 16.9 Å². The van der Waals surface area contributed by atoms with Crippen molar-refractivity contribution < 1.29 is 0 Å². The Hall–Kier alpha value is -1.40. The molecule has 0 radical (unpaired) electrons. The van der Waals surface area contributed by atoms with Gasteiger partial charge < -0.3 is 11.1 Å². The standard InChI is InChI=1S/C15H20N4S2/c1-10-18-12(9-20-10)13-14(16)19-21-15(13)17-8-7-11-5-3-2-4-6-11/h5,9,17H,2-4,6-8H2,1H3,(H2,16,19). The highest BCUT2D eigenvalue weighted by molar-refractivity contribution is 7.11. The molecule has 0 saturated carbocycles. The summed E-state index contributed by atoms with van der Waals surface area (Å²) in [6.45, 7) is 2.94. The van der Waals surface area contributed by atoms with Crippen LogP contribution in [0.5, 0.6) is 0 Å². The quantitative estimate of drug-likeness (QED) is 0.798. The van der Waals surface area contributed by atoms with E-state index in [4.69, 9.17) is 5.73 Å². The molecule has 0 spiro atoms. The summed E-state index contributed by atoms with van der Waals surface area (Å²) in [5.41, 5.74) is 9.48. The van der Waals surface area contributed by atoms with Crippen molar-refractivity contribution in [1.29, 1.82) is 0 Å². The van der Waals surface area contributed by atoms with Crippen LogP contribution < -0.4 is 11.1 Å². The molecule has 0 bridgehead atoms. The van der Waals surface area contributed by atoms with Gasteiger partial charge >= 0.3 is 0 Å². The third-order valence-electron chi connectivity index (χ3n) is 3.71. The summed E-state index contributed by atoms with van der Waals surface area (Å²) in [7, 11) is 0. The van der Waals surface area contributed by atoms with Gasteiger partial charge in [0.25, 0.3) is 0 Å². The second kappa shape index (κ2) is 6.58. The average Bonchev–Trinajstić information content (AvgIpc) is 3.06. The molecule has 0 saturated heterocycles. The molecule has 1 aliphatic rings. The van der Waals surface area contributed by atoms with Gasteiger partial charge in [0.15, 0.2) is 0 Å². The number of nitrogens with one attached hydrogen (secondary N) is 1. The van der Waals surface area contributed by atoms with E-state index in [2.05, 4.69) is 20.8 Å². The van der Waals surface area contributed by atoms with Crippen LogP contribution in [0.4, 0.5) is 10.8 Å². The van der Waals surface area contributed by atoms with Crippen molar-refractivity contribution in [2.24, 2.45) is 0 Å². The third-order valence-corrected chi connectivity index (χ3v) is 5.30. The number of hydrogen-bond acceptors (Lipinski definition) is 6. The molecule has 2 heterocycles. The van der Waals surface area contributed by atoms with Crippen molar-refractivity contribution in [3.05, 3.63) is 22.0 Å². The Kier molecular flexibility index (Phi) is 4.55. The van der Waals surface area contributed by atoms with Crippen LogP contribution in [0.15, 0.2) is 17.0 Å². The van der Waals surface area contributed by atoms with Crippen LogP contribution in [0.1, 0.15) is 37.1 Å². The van der Waals surface area contributed by atoms with Crippen LogP contribution in [0, 0.1) is 6.92 Å². The van der Waals surface area contributed by atoms with Gasteiger partial charge in [-0.2, -0.15) is 4.37 Å². The van der Waals surface area contributed by atoms with E-state index in [-0.39, 0.29) is 0 Å². The topological polar surface area (TPSA) is 63.8 Å². The predicted octanol–water partition coefficient (Wildman–Crippen LogP) is 4.46. The number of anilines is 2. The van der Waals surface area contributed by atoms with Crippen molar-refractivity contribution in [1.82, 2.24) is 9.36 Å². The highest BCUT2D eigenvalue weighted by atomic mass is 32.1. The lowest BCUT2D eigenvalue weighted by Crippen LogP contribution is -2.04. The first-order chi connectivity index (χ1) is 10.2. The summed E-state index contributed by atoms with van der Waals surface area (Å²) >= 11 is 3.07. The summed E-state index contributed by atoms with van der Waals surface area (Å²) < 4.78 is 4.27. The summed E-state index contributed by atoms with van der Waals surface area (Å²) in [4.78, 5) is 4.53. The first-order valence-electron chi connectivity index (χ1n) is 7.33. The largest absolute Gasteiger partial charge is 0.382 e. The van der Waals surface area contributed by atoms with Gasteiger partial charge in [0.05, 0.1) is 16.3 Å². The number of hydrogen-bond donors (Lipinski definition) is 2. The molecule has 4 nitrogen and oxygen atoms in total. The summed E-state index contributed by atoms with van der Waals surface area (Å²) in [5, 5.41) is 7.62. The van der Waals surface area contributed by atoms with Crippen molar-refractivity contribution in [3.63, 3.8) is 0 Å². The number of allylic oxidation sites excluding steroid dienone is 1. The van der Waals surface area contributed by atoms with Gasteiger partial charge in [0, 0.05) is 11.9 Å². The number of thiazole rings is 1. The number of aryl methyl sites for hydroxylation is 1. The zero-order chi connectivity index (χ0) is 14.7. The van der Waals surface area contributed by atoms with E-state index >= 15 is 0 Å². The molecule has 2 aromatic rings. The Labute approximate surface area is 133 Å². The van der Waals surface area contributed by atoms with E-state index in [1.807, 2.05) is 12.3 Å². The number of aromatic nitrogens is 2. The van der Waals surface area contributed by atoms with Crippen LogP contribution in [0.3, 0.4) is 0 Å². The van der Waals surface area contributed by atoms with E-state index in [9.17, 15) is 0 Å². The van der Waals surface area contributed by atoms with Gasteiger partial charge in [-0.3, -0.25) is 0 Å². The maximum absolute atomic E-state index is 6.01. The summed E-state index contributed by atoms with van der Waals surface area (Å²) in [6.07, 6.45) is 8.68. The molecule has 0 amide bonds. The van der Waals surface area contributed by atoms with Crippen molar-refractivity contribution >= 4 is 33.7 Å². The van der Waals surface area contributed by atoms with Crippen molar-refractivity contribution in [2.75, 3.05) is 17.6 Å². The van der Waals surface area contributed by atoms with Gasteiger partial charge in [-0.1, -0.05) is 11.6 Å². The Balaban J connectivity index is 1.67. The molecular formula is C15H20N4S2. The molecule has 0 aliphatic heterocycles. The number of nitrogen functional groups attached to an aromatic ring is 1. The lowest BCUT2D eigenvalue weighted by Gasteiger charge is -2.13. The Morgan fingerprint density at radius 2 is 2.29 bits per heavy atom. The van der Waals surface area contributed by atoms with E-state index in [0.29, 0.717) is 5.82 Å². The third kappa shape index (κ3) is 3.44. The molecule has 1 aliphatic carbocycles. The summed E-state index contributed by atoms with van der Waals surface area (Å²) in [6, 6.07) is 0. The van der Waals surface area contributed by atoms with Gasteiger partial charge in [-0.25, -0.2) is 4.98 Å². The Morgan fingerprint density at radius 3 is 3.00 bits per heavy atom. The zero-order valence-corrected chi connectivity index (χ0v) is 13.8. The Bertz CT molecular complexity index is 642. The van der Waals surface area contributed by atoms with Crippen LogP contribution >= 0.6 is 22.9 Å². The molecule has 3 N–H and O–H groups in total. The highest BCUT2D eigenvalue weighted by Gasteiger charge is 2.16. The van der Waals surface area contributed by atoms with E-state index < -0.39 is 0 Å². The number of nitrogens with zero attached hydrogens (tertiary/aromatic N) is 2. The first kappa shape index (κ1) is 14.5. The molecule has 6 heteroatoms. The molecule has 21 heavy (non-hydrogen) atoms. The van der Waals surface area contributed by atoms with Gasteiger partial charge in [-0.15, -0.1) is 11.3 Å². The fraction of sp³-hybridized carbons (Fsp3) is 0.467. The average molecular weight is 320 g/mol. The molecule has 0 unspecified atom stereocenters. The summed E-state index contributed by atoms with van der Waals surface area (Å²) in [5.74, 6) is 0.574. The fourth-order valence-electron chi connectivity index (χ4n) is 2.62. The van der Waals surface area contributed by atoms with Crippen molar-refractivity contribution in [2.45, 2.75) is 39.0 Å². The SMILES string of the molecule is Cc1nc(-c2c(N)nsc2NCCC2=CCCCC2)cs1. The van der Waals surface area contributed by atoms with Gasteiger partial charge in [0.1, 0.15) is 10.8 Å². The second-order valence-corrected chi connectivity index (χ2v) is 7.14. The van der Waals surface area contributed by atoms with Crippen LogP contribution in [-0.4, -0.2) is 15.9 Å². The van der Waals surface area contributed by atoms with Crippen molar-refractivity contribution in [3.8, 4) is 11.3 Å². The highest BCUT2D eigenvalue weighted by Crippen LogP contribution is 2.37. The normalized spacial score (nSPS) is 15.0. The van der Waals surface area contributed by atoms with Crippen LogP contribution in [-0.2, 0) is 0 Å². The fourth-order valence-corrected chi connectivity index (χ4v) is 3.97. The maximum Gasteiger partial charge on any atom is 0.148 e. The monoisotopic (exact) mass is 320 g/mol. The molecule has 0 fully saturated rings. The van der Waals surface area contributed by atoms with E-state index in [0.717, 1.165) is 34.2 Å². The maximum atomic E-state index is 6.01. The van der Waals surface area contributed by atoms with Crippen LogP contribution in [0.25, 0.3) is 11.3 Å². The number of rotatable bonds is 5. The molecule has 2 aromatic heterocycles. The minimum absolute atomic E-state index is 0.574. The molecule has 0 aromatic carbocycles. The van der Waals surface area contributed by atoms with Gasteiger partial charge in [-0.05, 0) is 50.6 Å². The van der Waals surface area contributed by atoms with Gasteiger partial charge in [0.2, 0.25) is 0 Å². The smallest absolute Gasteiger partial charge is 0.148 e. The predicted molar refractivity (Wildman–Crippen MR) is 92.0 cm³/mol. The second-order valence-electron chi connectivity index (χ2n) is 5.31. The number of nitrogens with two attached hydrogens (primary N) is 1. The first-order valence-corrected chi connectivity index (χ1v) is 8.99. The minimum Gasteiger partial charge on any atom is -0.382 e. The zero-order valence-electron chi connectivity index (χ0n) is 12.2. The molecule has 112 valence electrons. The minimum atomic E-state index is 0.574. The van der Waals surface area contributed by atoms with E-state index in [1.165, 1.54) is 37.2 Å². The van der Waals surface area contributed by atoms with Crippen LogP contribution in [0.2, 0.25) is 0 Å². The lowest BCUT2D eigenvalue weighted by molar-refractivity contribution is 0.679. The Morgan fingerprint density at radius 1 is 1.38 bits per heavy atom. The molecule has 3 rings (SSSR count).